The molecule has 0 aliphatic carbocycles. The Morgan fingerprint density at radius 1 is 0.412 bits per heavy atom. The Bertz CT molecular complexity index is 2850. The zero-order valence-corrected chi connectivity index (χ0v) is 27.5. The number of oxazole rings is 1. The van der Waals surface area contributed by atoms with E-state index in [0.717, 1.165) is 66.8 Å². The highest BCUT2D eigenvalue weighted by atomic mass is 16.4. The summed E-state index contributed by atoms with van der Waals surface area (Å²) >= 11 is 0. The number of para-hydroxylation sites is 1. The number of hydrogen-bond acceptors (Lipinski definition) is 4. The van der Waals surface area contributed by atoms with Gasteiger partial charge in [0.1, 0.15) is 16.7 Å². The third kappa shape index (κ3) is 4.96. The molecule has 0 saturated heterocycles. The van der Waals surface area contributed by atoms with Crippen molar-refractivity contribution in [2.45, 2.75) is 0 Å². The van der Waals surface area contributed by atoms with Crippen molar-refractivity contribution >= 4 is 60.9 Å². The third-order valence-corrected chi connectivity index (χ3v) is 9.71. The SMILES string of the molecule is c1ccc(-c2nc3c(ccc4oc5cc(N(c6ccc(-c7cccc8ccccc78)cc6)c6ccccc6-c6ccccc6)ccc5c43)o2)cc1. The van der Waals surface area contributed by atoms with Crippen LogP contribution in [0.5, 0.6) is 0 Å². The first-order chi connectivity index (χ1) is 25.3. The average Bonchev–Trinajstić information content (AvgIpc) is 3.81. The van der Waals surface area contributed by atoms with Gasteiger partial charge in [0.15, 0.2) is 5.58 Å². The normalized spacial score (nSPS) is 11.5. The van der Waals surface area contributed by atoms with E-state index >= 15 is 0 Å². The Hall–Kier alpha value is -6.91. The molecule has 0 bridgehead atoms. The molecule has 0 amide bonds. The number of fused-ring (bicyclic) bond motifs is 6. The molecule has 0 fully saturated rings. The Morgan fingerprint density at radius 3 is 1.90 bits per heavy atom. The van der Waals surface area contributed by atoms with E-state index in [0.29, 0.717) is 5.89 Å². The number of benzene rings is 8. The minimum absolute atomic E-state index is 0.597. The van der Waals surface area contributed by atoms with Gasteiger partial charge in [-0.3, -0.25) is 0 Å². The van der Waals surface area contributed by atoms with Crippen LogP contribution in [-0.4, -0.2) is 4.98 Å². The molecular weight excluding hydrogens is 625 g/mol. The van der Waals surface area contributed by atoms with E-state index in [4.69, 9.17) is 13.8 Å². The molecule has 2 heterocycles. The van der Waals surface area contributed by atoms with Gasteiger partial charge in [-0.25, -0.2) is 4.98 Å². The van der Waals surface area contributed by atoms with E-state index in [-0.39, 0.29) is 0 Å². The predicted octanol–water partition coefficient (Wildman–Crippen LogP) is 13.4. The summed E-state index contributed by atoms with van der Waals surface area (Å²) in [6, 6.07) is 63.4. The van der Waals surface area contributed by atoms with Crippen LogP contribution in [-0.2, 0) is 0 Å². The molecule has 2 aromatic heterocycles. The summed E-state index contributed by atoms with van der Waals surface area (Å²) in [6.45, 7) is 0. The molecule has 0 spiro atoms. The van der Waals surface area contributed by atoms with E-state index in [1.54, 1.807) is 0 Å². The molecule has 4 heteroatoms. The summed E-state index contributed by atoms with van der Waals surface area (Å²) in [6.07, 6.45) is 0. The fourth-order valence-electron chi connectivity index (χ4n) is 7.31. The van der Waals surface area contributed by atoms with Gasteiger partial charge in [0.25, 0.3) is 0 Å². The fraction of sp³-hybridized carbons (Fsp3) is 0. The van der Waals surface area contributed by atoms with Crippen molar-refractivity contribution in [1.29, 1.82) is 0 Å². The van der Waals surface area contributed by atoms with Crippen LogP contribution in [0.4, 0.5) is 17.1 Å². The van der Waals surface area contributed by atoms with Gasteiger partial charge in [-0.2, -0.15) is 0 Å². The van der Waals surface area contributed by atoms with Gasteiger partial charge >= 0.3 is 0 Å². The number of hydrogen-bond donors (Lipinski definition) is 0. The van der Waals surface area contributed by atoms with Crippen LogP contribution in [0.15, 0.2) is 191 Å². The molecule has 4 nitrogen and oxygen atoms in total. The molecule has 0 aliphatic heterocycles. The van der Waals surface area contributed by atoms with Gasteiger partial charge in [-0.1, -0.05) is 121 Å². The average molecular weight is 655 g/mol. The van der Waals surface area contributed by atoms with Crippen LogP contribution in [0.3, 0.4) is 0 Å². The summed E-state index contributed by atoms with van der Waals surface area (Å²) in [5.74, 6) is 0.597. The second kappa shape index (κ2) is 11.9. The minimum Gasteiger partial charge on any atom is -0.456 e. The first kappa shape index (κ1) is 29.0. The Balaban J connectivity index is 1.14. The second-order valence-electron chi connectivity index (χ2n) is 12.7. The molecule has 0 N–H and O–H groups in total. The molecule has 10 rings (SSSR count). The van der Waals surface area contributed by atoms with E-state index in [1.807, 2.05) is 42.5 Å². The maximum absolute atomic E-state index is 6.56. The summed E-state index contributed by atoms with van der Waals surface area (Å²) in [5, 5.41) is 4.42. The molecule has 51 heavy (non-hydrogen) atoms. The number of anilines is 3. The van der Waals surface area contributed by atoms with Crippen LogP contribution < -0.4 is 4.90 Å². The van der Waals surface area contributed by atoms with Gasteiger partial charge in [0, 0.05) is 34.0 Å². The van der Waals surface area contributed by atoms with E-state index in [1.165, 1.54) is 21.9 Å². The van der Waals surface area contributed by atoms with Gasteiger partial charge in [-0.15, -0.1) is 0 Å². The molecule has 0 radical (unpaired) electrons. The third-order valence-electron chi connectivity index (χ3n) is 9.71. The smallest absolute Gasteiger partial charge is 0.227 e. The summed E-state index contributed by atoms with van der Waals surface area (Å²) in [7, 11) is 0. The van der Waals surface area contributed by atoms with Crippen molar-refractivity contribution in [2.75, 3.05) is 4.90 Å². The quantitative estimate of drug-likeness (QED) is 0.179. The molecule has 0 unspecified atom stereocenters. The lowest BCUT2D eigenvalue weighted by molar-refractivity contribution is 0.619. The van der Waals surface area contributed by atoms with Crippen molar-refractivity contribution < 1.29 is 8.83 Å². The van der Waals surface area contributed by atoms with Crippen LogP contribution in [0.1, 0.15) is 0 Å². The van der Waals surface area contributed by atoms with Gasteiger partial charge in [0.05, 0.1) is 11.1 Å². The van der Waals surface area contributed by atoms with Crippen molar-refractivity contribution in [3.05, 3.63) is 182 Å². The lowest BCUT2D eigenvalue weighted by Crippen LogP contribution is -2.11. The summed E-state index contributed by atoms with van der Waals surface area (Å²) in [5.41, 5.74) is 11.8. The van der Waals surface area contributed by atoms with Gasteiger partial charge < -0.3 is 13.7 Å². The topological polar surface area (TPSA) is 42.4 Å². The van der Waals surface area contributed by atoms with E-state index < -0.39 is 0 Å². The van der Waals surface area contributed by atoms with Crippen molar-refractivity contribution in [1.82, 2.24) is 4.98 Å². The molecule has 10 aromatic rings. The second-order valence-corrected chi connectivity index (χ2v) is 12.7. The largest absolute Gasteiger partial charge is 0.456 e. The first-order valence-electron chi connectivity index (χ1n) is 17.1. The minimum atomic E-state index is 0.597. The van der Waals surface area contributed by atoms with E-state index in [2.05, 4.69) is 144 Å². The number of aromatic nitrogens is 1. The Morgan fingerprint density at radius 2 is 1.06 bits per heavy atom. The lowest BCUT2D eigenvalue weighted by atomic mass is 9.97. The number of nitrogens with zero attached hydrogens (tertiary/aromatic N) is 2. The zero-order chi connectivity index (χ0) is 33.7. The lowest BCUT2D eigenvalue weighted by Gasteiger charge is -2.28. The van der Waals surface area contributed by atoms with Crippen LogP contribution >= 0.6 is 0 Å². The van der Waals surface area contributed by atoms with Crippen molar-refractivity contribution in [2.24, 2.45) is 0 Å². The summed E-state index contributed by atoms with van der Waals surface area (Å²) < 4.78 is 12.8. The molecule has 240 valence electrons. The molecule has 0 atom stereocenters. The molecule has 8 aromatic carbocycles. The van der Waals surface area contributed by atoms with E-state index in [9.17, 15) is 0 Å². The van der Waals surface area contributed by atoms with Crippen LogP contribution in [0.25, 0.3) is 77.5 Å². The highest BCUT2D eigenvalue weighted by Gasteiger charge is 2.21. The molecular formula is C47H30N2O2. The van der Waals surface area contributed by atoms with Gasteiger partial charge in [-0.05, 0) is 82.1 Å². The van der Waals surface area contributed by atoms with Gasteiger partial charge in [0.2, 0.25) is 5.89 Å². The fourth-order valence-corrected chi connectivity index (χ4v) is 7.31. The zero-order valence-electron chi connectivity index (χ0n) is 27.5. The highest BCUT2D eigenvalue weighted by molar-refractivity contribution is 6.17. The standard InChI is InChI=1S/C47H30N2O2/c1-3-12-32(13-4-1)39-19-9-10-21-41(39)49(35-24-22-33(23-25-35)38-20-11-17-31-14-7-8-18-37(31)38)36-26-27-40-44(30-36)50-42-28-29-43-46(45(40)42)48-47(51-43)34-15-5-2-6-16-34/h1-30H. The maximum atomic E-state index is 6.56. The Labute approximate surface area is 294 Å². The first-order valence-corrected chi connectivity index (χ1v) is 17.1. The molecule has 0 aliphatic rings. The number of furan rings is 1. The van der Waals surface area contributed by atoms with Crippen LogP contribution in [0, 0.1) is 0 Å². The summed E-state index contributed by atoms with van der Waals surface area (Å²) in [4.78, 5) is 7.27. The Kier molecular flexibility index (Phi) is 6.78. The van der Waals surface area contributed by atoms with Crippen LogP contribution in [0.2, 0.25) is 0 Å². The monoisotopic (exact) mass is 654 g/mol. The number of rotatable bonds is 6. The molecule has 0 saturated carbocycles. The maximum Gasteiger partial charge on any atom is 0.227 e. The highest BCUT2D eigenvalue weighted by Crippen LogP contribution is 2.44. The predicted molar refractivity (Wildman–Crippen MR) is 210 cm³/mol. The van der Waals surface area contributed by atoms with Crippen molar-refractivity contribution in [3.8, 4) is 33.7 Å². The van der Waals surface area contributed by atoms with Crippen molar-refractivity contribution in [3.63, 3.8) is 0 Å².